The molecule has 0 bridgehead atoms. The number of benzene rings is 1. The minimum absolute atomic E-state index is 0.554. The Labute approximate surface area is 107 Å². The van der Waals surface area contributed by atoms with Gasteiger partial charge >= 0.3 is 0 Å². The van der Waals surface area contributed by atoms with Gasteiger partial charge in [0.25, 0.3) is 0 Å². The summed E-state index contributed by atoms with van der Waals surface area (Å²) in [4.78, 5) is 6.31. The number of pyridine rings is 1. The Bertz CT molecular complexity index is 537. The van der Waals surface area contributed by atoms with E-state index in [0.29, 0.717) is 17.4 Å². The van der Waals surface area contributed by atoms with Gasteiger partial charge in [-0.25, -0.2) is 0 Å². The van der Waals surface area contributed by atoms with Crippen LogP contribution >= 0.6 is 0 Å². The quantitative estimate of drug-likeness (QED) is 0.900. The summed E-state index contributed by atoms with van der Waals surface area (Å²) in [5.41, 5.74) is 8.83. The van der Waals surface area contributed by atoms with E-state index in [-0.39, 0.29) is 0 Å². The van der Waals surface area contributed by atoms with Crippen LogP contribution in [0, 0.1) is 6.92 Å². The lowest BCUT2D eigenvalue weighted by Gasteiger charge is -2.20. The lowest BCUT2D eigenvalue weighted by molar-refractivity contribution is 0.398. The summed E-state index contributed by atoms with van der Waals surface area (Å²) in [6, 6.07) is 11.7. The Hall–Kier alpha value is -2.23. The van der Waals surface area contributed by atoms with Crippen molar-refractivity contribution in [1.29, 1.82) is 0 Å². The predicted molar refractivity (Wildman–Crippen MR) is 74.4 cm³/mol. The zero-order chi connectivity index (χ0) is 13.1. The highest BCUT2D eigenvalue weighted by molar-refractivity contribution is 5.71. The van der Waals surface area contributed by atoms with Crippen molar-refractivity contribution in [3.8, 4) is 5.88 Å². The number of ether oxygens (including phenoxy) is 1. The maximum absolute atomic E-state index is 5.95. The number of aryl methyl sites for hydroxylation is 1. The van der Waals surface area contributed by atoms with E-state index in [1.807, 2.05) is 24.1 Å². The van der Waals surface area contributed by atoms with Crippen LogP contribution in [0.15, 0.2) is 36.4 Å². The standard InChI is InChI=1S/C14H17N3O/c1-10-4-6-11(7-5-10)17(2)14-12(15)8-9-13(16-14)18-3/h4-9H,15H2,1-3H3. The molecule has 0 saturated carbocycles. The topological polar surface area (TPSA) is 51.4 Å². The van der Waals surface area contributed by atoms with Gasteiger partial charge in [0, 0.05) is 18.8 Å². The average Bonchev–Trinajstić information content (AvgIpc) is 2.39. The zero-order valence-electron chi connectivity index (χ0n) is 10.8. The molecule has 1 heterocycles. The van der Waals surface area contributed by atoms with Crippen LogP contribution in [0.4, 0.5) is 17.2 Å². The van der Waals surface area contributed by atoms with E-state index in [0.717, 1.165) is 5.69 Å². The molecule has 4 nitrogen and oxygen atoms in total. The number of hydrogen-bond donors (Lipinski definition) is 1. The predicted octanol–water partition coefficient (Wildman–Crippen LogP) is 2.75. The highest BCUT2D eigenvalue weighted by Crippen LogP contribution is 2.28. The van der Waals surface area contributed by atoms with E-state index < -0.39 is 0 Å². The molecule has 2 rings (SSSR count). The molecule has 94 valence electrons. The molecule has 2 N–H and O–H groups in total. The van der Waals surface area contributed by atoms with Crippen LogP contribution in [0.3, 0.4) is 0 Å². The third-order valence-electron chi connectivity index (χ3n) is 2.83. The summed E-state index contributed by atoms with van der Waals surface area (Å²) in [7, 11) is 3.52. The maximum atomic E-state index is 5.95. The van der Waals surface area contributed by atoms with E-state index >= 15 is 0 Å². The molecule has 0 aliphatic heterocycles. The fourth-order valence-electron chi connectivity index (χ4n) is 1.71. The molecule has 1 aromatic carbocycles. The first-order valence-corrected chi connectivity index (χ1v) is 5.72. The van der Waals surface area contributed by atoms with Crippen LogP contribution in [-0.2, 0) is 0 Å². The van der Waals surface area contributed by atoms with Gasteiger partial charge < -0.3 is 15.4 Å². The molecule has 0 aliphatic carbocycles. The van der Waals surface area contributed by atoms with Crippen LogP contribution in [0.25, 0.3) is 0 Å². The van der Waals surface area contributed by atoms with Crippen LogP contribution in [0.2, 0.25) is 0 Å². The Morgan fingerprint density at radius 2 is 1.78 bits per heavy atom. The van der Waals surface area contributed by atoms with Crippen molar-refractivity contribution >= 4 is 17.2 Å². The summed E-state index contributed by atoms with van der Waals surface area (Å²) < 4.78 is 5.12. The summed E-state index contributed by atoms with van der Waals surface area (Å²) in [5, 5.41) is 0. The number of anilines is 3. The number of nitrogen functional groups attached to an aromatic ring is 1. The molecular weight excluding hydrogens is 226 g/mol. The smallest absolute Gasteiger partial charge is 0.215 e. The van der Waals surface area contributed by atoms with Crippen molar-refractivity contribution in [3.63, 3.8) is 0 Å². The lowest BCUT2D eigenvalue weighted by Crippen LogP contribution is -2.13. The second-order valence-electron chi connectivity index (χ2n) is 4.16. The Kier molecular flexibility index (Phi) is 3.37. The number of methoxy groups -OCH3 is 1. The number of nitrogens with zero attached hydrogens (tertiary/aromatic N) is 2. The monoisotopic (exact) mass is 243 g/mol. The van der Waals surface area contributed by atoms with Crippen LogP contribution in [0.5, 0.6) is 5.88 Å². The molecule has 0 amide bonds. The second-order valence-corrected chi connectivity index (χ2v) is 4.16. The number of nitrogens with two attached hydrogens (primary N) is 1. The van der Waals surface area contributed by atoms with Gasteiger partial charge in [0.05, 0.1) is 12.8 Å². The molecule has 0 spiro atoms. The molecule has 0 fully saturated rings. The molecule has 0 atom stereocenters. The third-order valence-corrected chi connectivity index (χ3v) is 2.83. The molecule has 0 aliphatic rings. The Morgan fingerprint density at radius 1 is 1.11 bits per heavy atom. The SMILES string of the molecule is COc1ccc(N)c(N(C)c2ccc(C)cc2)n1. The molecule has 0 unspecified atom stereocenters. The van der Waals surface area contributed by atoms with E-state index in [2.05, 4.69) is 24.0 Å². The van der Waals surface area contributed by atoms with Gasteiger partial charge in [-0.1, -0.05) is 17.7 Å². The van der Waals surface area contributed by atoms with Crippen molar-refractivity contribution < 1.29 is 4.74 Å². The molecule has 2 aromatic rings. The van der Waals surface area contributed by atoms with Crippen LogP contribution in [0.1, 0.15) is 5.56 Å². The van der Waals surface area contributed by atoms with Crippen molar-refractivity contribution in [3.05, 3.63) is 42.0 Å². The van der Waals surface area contributed by atoms with Crippen molar-refractivity contribution in [1.82, 2.24) is 4.98 Å². The van der Waals surface area contributed by atoms with Gasteiger partial charge in [-0.15, -0.1) is 0 Å². The number of hydrogen-bond acceptors (Lipinski definition) is 4. The summed E-state index contributed by atoms with van der Waals surface area (Å²) in [6.07, 6.45) is 0. The van der Waals surface area contributed by atoms with Crippen molar-refractivity contribution in [2.24, 2.45) is 0 Å². The van der Waals surface area contributed by atoms with Gasteiger partial charge in [-0.3, -0.25) is 0 Å². The average molecular weight is 243 g/mol. The van der Waals surface area contributed by atoms with E-state index in [1.165, 1.54) is 5.56 Å². The minimum Gasteiger partial charge on any atom is -0.481 e. The first-order chi connectivity index (χ1) is 8.61. The molecule has 4 heteroatoms. The fourth-order valence-corrected chi connectivity index (χ4v) is 1.71. The first kappa shape index (κ1) is 12.2. The third kappa shape index (κ3) is 2.37. The van der Waals surface area contributed by atoms with E-state index in [4.69, 9.17) is 10.5 Å². The number of rotatable bonds is 3. The minimum atomic E-state index is 0.554. The highest BCUT2D eigenvalue weighted by atomic mass is 16.5. The fraction of sp³-hybridized carbons (Fsp3) is 0.214. The van der Waals surface area contributed by atoms with Gasteiger partial charge in [0.1, 0.15) is 0 Å². The van der Waals surface area contributed by atoms with Crippen molar-refractivity contribution in [2.45, 2.75) is 6.92 Å². The second kappa shape index (κ2) is 4.96. The molecular formula is C14H17N3O. The van der Waals surface area contributed by atoms with E-state index in [1.54, 1.807) is 19.2 Å². The molecule has 1 aromatic heterocycles. The molecule has 0 saturated heterocycles. The van der Waals surface area contributed by atoms with Crippen molar-refractivity contribution in [2.75, 3.05) is 24.8 Å². The summed E-state index contributed by atoms with van der Waals surface area (Å²) in [5.74, 6) is 1.25. The van der Waals surface area contributed by atoms with Crippen LogP contribution in [-0.4, -0.2) is 19.1 Å². The van der Waals surface area contributed by atoms with E-state index in [9.17, 15) is 0 Å². The largest absolute Gasteiger partial charge is 0.481 e. The summed E-state index contributed by atoms with van der Waals surface area (Å²) >= 11 is 0. The highest BCUT2D eigenvalue weighted by Gasteiger charge is 2.10. The van der Waals surface area contributed by atoms with Gasteiger partial charge in [-0.05, 0) is 25.1 Å². The van der Waals surface area contributed by atoms with Gasteiger partial charge in [-0.2, -0.15) is 4.98 Å². The van der Waals surface area contributed by atoms with Gasteiger partial charge in [0.2, 0.25) is 5.88 Å². The van der Waals surface area contributed by atoms with Crippen LogP contribution < -0.4 is 15.4 Å². The Balaban J connectivity index is 2.38. The Morgan fingerprint density at radius 3 is 2.39 bits per heavy atom. The number of aromatic nitrogens is 1. The zero-order valence-corrected chi connectivity index (χ0v) is 10.8. The molecule has 18 heavy (non-hydrogen) atoms. The maximum Gasteiger partial charge on any atom is 0.215 e. The summed E-state index contributed by atoms with van der Waals surface area (Å²) in [6.45, 7) is 2.06. The lowest BCUT2D eigenvalue weighted by atomic mass is 10.2. The normalized spacial score (nSPS) is 10.2. The molecule has 0 radical (unpaired) electrons. The first-order valence-electron chi connectivity index (χ1n) is 5.72. The van der Waals surface area contributed by atoms with Gasteiger partial charge in [0.15, 0.2) is 5.82 Å².